The number of carbonyl (C=O) groups is 2. The number of alkyl halides is 3. The highest BCUT2D eigenvalue weighted by Crippen LogP contribution is 2.20. The Morgan fingerprint density at radius 3 is 2.43 bits per heavy atom. The molecule has 0 aromatic heterocycles. The van der Waals surface area contributed by atoms with Gasteiger partial charge in [-0.1, -0.05) is 11.6 Å². The van der Waals surface area contributed by atoms with E-state index in [1.54, 1.807) is 13.0 Å². The van der Waals surface area contributed by atoms with Crippen LogP contribution in [-0.4, -0.2) is 41.3 Å². The van der Waals surface area contributed by atoms with Crippen LogP contribution in [0.4, 0.5) is 23.7 Å². The summed E-state index contributed by atoms with van der Waals surface area (Å²) in [6, 6.07) is 3.24. The third kappa shape index (κ3) is 4.97. The van der Waals surface area contributed by atoms with Gasteiger partial charge in [0.25, 0.3) is 0 Å². The maximum Gasteiger partial charge on any atom is 0.406 e. The number of nitrogens with zero attached hydrogens (tertiary/aromatic N) is 1. The first-order valence-electron chi connectivity index (χ1n) is 6.10. The predicted molar refractivity (Wildman–Crippen MR) is 70.5 cm³/mol. The van der Waals surface area contributed by atoms with Gasteiger partial charge in [0.15, 0.2) is 0 Å². The summed E-state index contributed by atoms with van der Waals surface area (Å²) < 4.78 is 37.0. The number of nitrogens with one attached hydrogen (secondary N) is 1. The van der Waals surface area contributed by atoms with E-state index in [4.69, 9.17) is 5.11 Å². The number of urea groups is 1. The first-order chi connectivity index (χ1) is 9.64. The second kappa shape index (κ2) is 6.47. The molecule has 8 heteroatoms. The van der Waals surface area contributed by atoms with Crippen molar-refractivity contribution in [2.75, 3.05) is 18.4 Å². The van der Waals surface area contributed by atoms with Gasteiger partial charge in [0, 0.05) is 6.54 Å². The van der Waals surface area contributed by atoms with E-state index in [-0.39, 0.29) is 17.8 Å². The van der Waals surface area contributed by atoms with E-state index < -0.39 is 24.7 Å². The molecule has 116 valence electrons. The predicted octanol–water partition coefficient (Wildman–Crippen LogP) is 3.11. The summed E-state index contributed by atoms with van der Waals surface area (Å²) in [6.07, 6.45) is -4.52. The van der Waals surface area contributed by atoms with E-state index in [0.717, 1.165) is 0 Å². The van der Waals surface area contributed by atoms with Crippen molar-refractivity contribution in [1.82, 2.24) is 4.90 Å². The number of rotatable bonds is 4. The number of benzene rings is 1. The van der Waals surface area contributed by atoms with Crippen LogP contribution < -0.4 is 5.32 Å². The van der Waals surface area contributed by atoms with Crippen LogP contribution in [0.25, 0.3) is 0 Å². The molecular formula is C13H15F3N2O3. The Bertz CT molecular complexity index is 544. The van der Waals surface area contributed by atoms with E-state index in [1.807, 2.05) is 0 Å². The Kier molecular flexibility index (Phi) is 5.17. The Morgan fingerprint density at radius 2 is 1.95 bits per heavy atom. The molecule has 0 radical (unpaired) electrons. The van der Waals surface area contributed by atoms with Crippen LogP contribution in [0.3, 0.4) is 0 Å². The number of hydrogen-bond donors (Lipinski definition) is 2. The van der Waals surface area contributed by atoms with E-state index in [0.29, 0.717) is 10.5 Å². The van der Waals surface area contributed by atoms with Gasteiger partial charge in [-0.2, -0.15) is 13.2 Å². The van der Waals surface area contributed by atoms with Crippen molar-refractivity contribution < 1.29 is 27.9 Å². The molecule has 0 spiro atoms. The first-order valence-corrected chi connectivity index (χ1v) is 6.10. The zero-order valence-corrected chi connectivity index (χ0v) is 11.5. The minimum Gasteiger partial charge on any atom is -0.478 e. The molecule has 0 aliphatic rings. The summed E-state index contributed by atoms with van der Waals surface area (Å²) in [5.41, 5.74) is 0.443. The smallest absolute Gasteiger partial charge is 0.406 e. The third-order valence-electron chi connectivity index (χ3n) is 2.69. The number of carboxylic acid groups (broad SMARTS) is 1. The first kappa shape index (κ1) is 16.8. The Labute approximate surface area is 119 Å². The number of hydrogen-bond acceptors (Lipinski definition) is 2. The molecule has 0 aliphatic heterocycles. The maximum absolute atomic E-state index is 12.3. The Balaban J connectivity index is 2.94. The number of anilines is 1. The minimum atomic E-state index is -4.52. The van der Waals surface area contributed by atoms with E-state index >= 15 is 0 Å². The minimum absolute atomic E-state index is 0.0428. The molecule has 0 atom stereocenters. The lowest BCUT2D eigenvalue weighted by molar-refractivity contribution is -0.139. The van der Waals surface area contributed by atoms with Gasteiger partial charge in [-0.15, -0.1) is 0 Å². The van der Waals surface area contributed by atoms with E-state index in [1.165, 1.54) is 19.1 Å². The SMILES string of the molecule is CCN(CC(F)(F)F)C(=O)Nc1ccc(C)cc1C(=O)O. The van der Waals surface area contributed by atoms with E-state index in [9.17, 15) is 22.8 Å². The van der Waals surface area contributed by atoms with Gasteiger partial charge >= 0.3 is 18.2 Å². The highest BCUT2D eigenvalue weighted by molar-refractivity contribution is 6.00. The largest absolute Gasteiger partial charge is 0.478 e. The maximum atomic E-state index is 12.3. The molecule has 2 amide bonds. The summed E-state index contributed by atoms with van der Waals surface area (Å²) in [5, 5.41) is 11.2. The van der Waals surface area contributed by atoms with Gasteiger partial charge < -0.3 is 15.3 Å². The number of halogens is 3. The molecule has 0 aliphatic carbocycles. The molecule has 0 fully saturated rings. The zero-order valence-electron chi connectivity index (χ0n) is 11.5. The summed E-state index contributed by atoms with van der Waals surface area (Å²) in [4.78, 5) is 23.4. The van der Waals surface area contributed by atoms with E-state index in [2.05, 4.69) is 5.32 Å². The van der Waals surface area contributed by atoms with Crippen molar-refractivity contribution in [2.45, 2.75) is 20.0 Å². The van der Waals surface area contributed by atoms with Gasteiger partial charge in [-0.05, 0) is 26.0 Å². The van der Waals surface area contributed by atoms with Crippen LogP contribution in [0.15, 0.2) is 18.2 Å². The molecule has 0 unspecified atom stereocenters. The Hall–Kier alpha value is -2.25. The number of amides is 2. The van der Waals surface area contributed by atoms with Gasteiger partial charge in [-0.25, -0.2) is 9.59 Å². The van der Waals surface area contributed by atoms with Crippen LogP contribution in [0.2, 0.25) is 0 Å². The third-order valence-corrected chi connectivity index (χ3v) is 2.69. The molecule has 0 saturated heterocycles. The molecule has 0 heterocycles. The van der Waals surface area contributed by atoms with Crippen LogP contribution in [0.5, 0.6) is 0 Å². The monoisotopic (exact) mass is 304 g/mol. The lowest BCUT2D eigenvalue weighted by atomic mass is 10.1. The van der Waals surface area contributed by atoms with Crippen molar-refractivity contribution in [1.29, 1.82) is 0 Å². The van der Waals surface area contributed by atoms with Crippen LogP contribution in [0, 0.1) is 6.92 Å². The van der Waals surface area contributed by atoms with Crippen LogP contribution >= 0.6 is 0 Å². The molecule has 0 bridgehead atoms. The van der Waals surface area contributed by atoms with Crippen molar-refractivity contribution in [2.24, 2.45) is 0 Å². The van der Waals surface area contributed by atoms with Gasteiger partial charge in [0.05, 0.1) is 11.3 Å². The number of aryl methyl sites for hydroxylation is 1. The van der Waals surface area contributed by atoms with Crippen LogP contribution in [-0.2, 0) is 0 Å². The molecule has 1 rings (SSSR count). The molecular weight excluding hydrogens is 289 g/mol. The topological polar surface area (TPSA) is 69.6 Å². The fourth-order valence-electron chi connectivity index (χ4n) is 1.68. The molecule has 0 saturated carbocycles. The van der Waals surface area contributed by atoms with Crippen molar-refractivity contribution in [3.8, 4) is 0 Å². The highest BCUT2D eigenvalue weighted by Gasteiger charge is 2.32. The Morgan fingerprint density at radius 1 is 1.33 bits per heavy atom. The molecule has 1 aromatic carbocycles. The average molecular weight is 304 g/mol. The summed E-state index contributed by atoms with van der Waals surface area (Å²) in [5.74, 6) is -1.27. The second-order valence-corrected chi connectivity index (χ2v) is 4.41. The standard InChI is InChI=1S/C13H15F3N2O3/c1-3-18(7-13(14,15)16)12(21)17-10-5-4-8(2)6-9(10)11(19)20/h4-6H,3,7H2,1-2H3,(H,17,21)(H,19,20). The number of carboxylic acids is 1. The molecule has 1 aromatic rings. The van der Waals surface area contributed by atoms with Gasteiger partial charge in [-0.3, -0.25) is 0 Å². The van der Waals surface area contributed by atoms with Crippen molar-refractivity contribution in [3.05, 3.63) is 29.3 Å². The summed E-state index contributed by atoms with van der Waals surface area (Å²) in [6.45, 7) is 1.52. The summed E-state index contributed by atoms with van der Waals surface area (Å²) in [7, 11) is 0. The fourth-order valence-corrected chi connectivity index (χ4v) is 1.68. The quantitative estimate of drug-likeness (QED) is 0.898. The van der Waals surface area contributed by atoms with Crippen molar-refractivity contribution in [3.63, 3.8) is 0 Å². The highest BCUT2D eigenvalue weighted by atomic mass is 19.4. The zero-order chi connectivity index (χ0) is 16.2. The average Bonchev–Trinajstić information content (AvgIpc) is 2.36. The lowest BCUT2D eigenvalue weighted by Crippen LogP contribution is -2.41. The number of aromatic carboxylic acids is 1. The lowest BCUT2D eigenvalue weighted by Gasteiger charge is -2.23. The number of carbonyl (C=O) groups excluding carboxylic acids is 1. The molecule has 2 N–H and O–H groups in total. The second-order valence-electron chi connectivity index (χ2n) is 4.41. The van der Waals surface area contributed by atoms with Gasteiger partial charge in [0.1, 0.15) is 6.54 Å². The van der Waals surface area contributed by atoms with Crippen LogP contribution in [0.1, 0.15) is 22.8 Å². The molecule has 21 heavy (non-hydrogen) atoms. The van der Waals surface area contributed by atoms with Crippen molar-refractivity contribution >= 4 is 17.7 Å². The fraction of sp³-hybridized carbons (Fsp3) is 0.385. The van der Waals surface area contributed by atoms with Gasteiger partial charge in [0.2, 0.25) is 0 Å². The summed E-state index contributed by atoms with van der Waals surface area (Å²) >= 11 is 0. The molecule has 5 nitrogen and oxygen atoms in total. The normalized spacial score (nSPS) is 11.1.